The van der Waals surface area contributed by atoms with Crippen molar-refractivity contribution in [3.05, 3.63) is 12.7 Å². The summed E-state index contributed by atoms with van der Waals surface area (Å²) < 4.78 is 13.5. The largest absolute Gasteiger partial charge is 0.413 e. The van der Waals surface area contributed by atoms with E-state index in [0.29, 0.717) is 19.3 Å². The average Bonchev–Trinajstić information content (AvgIpc) is 2.51. The minimum atomic E-state index is -2.02. The van der Waals surface area contributed by atoms with Crippen molar-refractivity contribution in [3.8, 4) is 18.4 Å². The first kappa shape index (κ1) is 27.1. The maximum Gasteiger partial charge on any atom is 0.192 e. The fraction of sp³-hybridized carbons (Fsp3) is 0.783. The van der Waals surface area contributed by atoms with Crippen molar-refractivity contribution >= 4 is 16.6 Å². The van der Waals surface area contributed by atoms with E-state index in [9.17, 15) is 5.26 Å². The van der Waals surface area contributed by atoms with E-state index in [1.54, 1.807) is 0 Å². The second-order valence-electron chi connectivity index (χ2n) is 10.8. The molecule has 0 aromatic carbocycles. The monoisotopic (exact) mass is 421 g/mol. The number of rotatable bonds is 10. The molecule has 0 N–H and O–H groups in total. The Morgan fingerprint density at radius 3 is 1.82 bits per heavy atom. The molecule has 3 nitrogen and oxygen atoms in total. The molecule has 0 radical (unpaired) electrons. The van der Waals surface area contributed by atoms with Crippen molar-refractivity contribution in [1.29, 1.82) is 5.26 Å². The van der Waals surface area contributed by atoms with E-state index in [0.717, 1.165) is 0 Å². The van der Waals surface area contributed by atoms with Gasteiger partial charge >= 0.3 is 0 Å². The number of hydrogen-bond acceptors (Lipinski definition) is 3. The zero-order valence-electron chi connectivity index (χ0n) is 20.0. The predicted octanol–water partition coefficient (Wildman–Crippen LogP) is 6.90. The summed E-state index contributed by atoms with van der Waals surface area (Å²) in [4.78, 5) is 0. The van der Waals surface area contributed by atoms with E-state index in [2.05, 4.69) is 86.3 Å². The van der Waals surface area contributed by atoms with Gasteiger partial charge in [-0.05, 0) is 42.7 Å². The Bertz CT molecular complexity index is 586. The summed E-state index contributed by atoms with van der Waals surface area (Å²) in [5.41, 5.74) is 0. The standard InChI is InChI=1S/C23H43NO2Si2/c1-13-16-21(26-28(11,12)23(6,7)8)19(17-15-18-24)20(14-2)25-27(9,10)22(3,4)5/h1,14,19-21H,2,15-17H2,3-12H3/t19-,20-,21+/m0/s1. The molecule has 0 saturated heterocycles. The Hall–Kier alpha value is -0.856. The Balaban J connectivity index is 5.94. The van der Waals surface area contributed by atoms with Gasteiger partial charge < -0.3 is 8.85 Å². The Morgan fingerprint density at radius 2 is 1.46 bits per heavy atom. The highest BCUT2D eigenvalue weighted by Crippen LogP contribution is 2.42. The second kappa shape index (κ2) is 10.3. The maximum absolute atomic E-state index is 9.22. The number of nitrogens with zero attached hydrogens (tertiary/aromatic N) is 1. The molecule has 0 rings (SSSR count). The molecule has 0 aliphatic carbocycles. The fourth-order valence-electron chi connectivity index (χ4n) is 2.57. The van der Waals surface area contributed by atoms with Crippen LogP contribution in [0.4, 0.5) is 0 Å². The highest BCUT2D eigenvalue weighted by Gasteiger charge is 2.44. The number of terminal acetylenes is 1. The first-order valence-electron chi connectivity index (χ1n) is 10.3. The van der Waals surface area contributed by atoms with Crippen molar-refractivity contribution in [2.75, 3.05) is 0 Å². The molecule has 0 unspecified atom stereocenters. The second-order valence-corrected chi connectivity index (χ2v) is 20.3. The summed E-state index contributed by atoms with van der Waals surface area (Å²) in [6.45, 7) is 26.4. The van der Waals surface area contributed by atoms with Crippen molar-refractivity contribution in [2.24, 2.45) is 5.92 Å². The van der Waals surface area contributed by atoms with Gasteiger partial charge in [0.25, 0.3) is 0 Å². The quantitative estimate of drug-likeness (QED) is 0.219. The summed E-state index contributed by atoms with van der Waals surface area (Å²) in [5.74, 6) is 2.83. The van der Waals surface area contributed by atoms with Gasteiger partial charge in [0.1, 0.15) is 0 Å². The van der Waals surface area contributed by atoms with Gasteiger partial charge in [-0.2, -0.15) is 5.26 Å². The van der Waals surface area contributed by atoms with Gasteiger partial charge in [-0.15, -0.1) is 18.9 Å². The topological polar surface area (TPSA) is 42.2 Å². The molecule has 5 heteroatoms. The highest BCUT2D eigenvalue weighted by molar-refractivity contribution is 6.74. The van der Waals surface area contributed by atoms with Gasteiger partial charge in [0.2, 0.25) is 0 Å². The molecule has 0 aromatic heterocycles. The van der Waals surface area contributed by atoms with Crippen molar-refractivity contribution in [3.63, 3.8) is 0 Å². The first-order chi connectivity index (χ1) is 12.5. The van der Waals surface area contributed by atoms with Crippen molar-refractivity contribution in [2.45, 2.75) is 109 Å². The van der Waals surface area contributed by atoms with E-state index in [-0.39, 0.29) is 28.2 Å². The Morgan fingerprint density at radius 1 is 1.00 bits per heavy atom. The summed E-state index contributed by atoms with van der Waals surface area (Å²) in [7, 11) is -4.02. The highest BCUT2D eigenvalue weighted by atomic mass is 28.4. The lowest BCUT2D eigenvalue weighted by molar-refractivity contribution is 0.0464. The Labute approximate surface area is 177 Å². The molecule has 0 bridgehead atoms. The van der Waals surface area contributed by atoms with Crippen molar-refractivity contribution in [1.82, 2.24) is 0 Å². The smallest absolute Gasteiger partial charge is 0.192 e. The van der Waals surface area contributed by atoms with Gasteiger partial charge in [-0.1, -0.05) is 47.6 Å². The lowest BCUT2D eigenvalue weighted by Gasteiger charge is -2.45. The molecule has 3 atom stereocenters. The van der Waals surface area contributed by atoms with E-state index >= 15 is 0 Å². The lowest BCUT2D eigenvalue weighted by Crippen LogP contribution is -2.50. The van der Waals surface area contributed by atoms with Crippen LogP contribution in [-0.2, 0) is 8.85 Å². The third-order valence-electron chi connectivity index (χ3n) is 6.53. The molecule has 0 aliphatic rings. The number of hydrogen-bond donors (Lipinski definition) is 0. The summed E-state index contributed by atoms with van der Waals surface area (Å²) in [6, 6.07) is 2.29. The summed E-state index contributed by atoms with van der Waals surface area (Å²) in [6.07, 6.45) is 8.99. The zero-order chi connectivity index (χ0) is 22.4. The van der Waals surface area contributed by atoms with Crippen LogP contribution in [0.1, 0.15) is 60.8 Å². The molecule has 0 aromatic rings. The van der Waals surface area contributed by atoms with Gasteiger partial charge in [0.05, 0.1) is 18.3 Å². The van der Waals surface area contributed by atoms with Crippen LogP contribution in [0.15, 0.2) is 12.7 Å². The molecular formula is C23H43NO2Si2. The molecule has 0 heterocycles. The van der Waals surface area contributed by atoms with Gasteiger partial charge in [-0.25, -0.2) is 0 Å². The van der Waals surface area contributed by atoms with E-state index in [1.807, 2.05) is 6.08 Å². The van der Waals surface area contributed by atoms with Crippen LogP contribution in [0.3, 0.4) is 0 Å². The fourth-order valence-corrected chi connectivity index (χ4v) is 5.25. The van der Waals surface area contributed by atoms with E-state index < -0.39 is 16.6 Å². The van der Waals surface area contributed by atoms with Crippen LogP contribution in [0, 0.1) is 29.6 Å². The summed E-state index contributed by atoms with van der Waals surface area (Å²) in [5, 5.41) is 9.40. The van der Waals surface area contributed by atoms with Gasteiger partial charge in [0.15, 0.2) is 16.6 Å². The Kier molecular flexibility index (Phi) is 9.94. The molecule has 0 aliphatic heterocycles. The van der Waals surface area contributed by atoms with Crippen LogP contribution < -0.4 is 0 Å². The van der Waals surface area contributed by atoms with Crippen LogP contribution in [0.25, 0.3) is 0 Å². The minimum Gasteiger partial charge on any atom is -0.413 e. The van der Waals surface area contributed by atoms with Crippen LogP contribution in [0.2, 0.25) is 36.3 Å². The van der Waals surface area contributed by atoms with Crippen LogP contribution in [-0.4, -0.2) is 28.8 Å². The normalized spacial score (nSPS) is 16.6. The average molecular weight is 422 g/mol. The van der Waals surface area contributed by atoms with Gasteiger partial charge in [-0.3, -0.25) is 0 Å². The lowest BCUT2D eigenvalue weighted by atomic mass is 9.89. The summed E-state index contributed by atoms with van der Waals surface area (Å²) >= 11 is 0. The molecular weight excluding hydrogens is 378 g/mol. The molecule has 0 spiro atoms. The molecule has 0 amide bonds. The number of nitriles is 1. The van der Waals surface area contributed by atoms with Gasteiger partial charge in [0, 0.05) is 18.8 Å². The molecule has 160 valence electrons. The zero-order valence-corrected chi connectivity index (χ0v) is 22.0. The molecule has 0 fully saturated rings. The molecule has 0 saturated carbocycles. The van der Waals surface area contributed by atoms with Crippen molar-refractivity contribution < 1.29 is 8.85 Å². The van der Waals surface area contributed by atoms with E-state index in [4.69, 9.17) is 15.3 Å². The first-order valence-corrected chi connectivity index (χ1v) is 16.1. The van der Waals surface area contributed by atoms with Crippen LogP contribution in [0.5, 0.6) is 0 Å². The molecule has 28 heavy (non-hydrogen) atoms. The van der Waals surface area contributed by atoms with E-state index in [1.165, 1.54) is 0 Å². The SMILES string of the molecule is C#CC[C@@H](O[Si](C)(C)C(C)(C)C)[C@@H](CCC#N)[C@H](C=C)O[Si](C)(C)C(C)(C)C. The third-order valence-corrected chi connectivity index (χ3v) is 15.5. The third kappa shape index (κ3) is 7.52. The van der Waals surface area contributed by atoms with Crippen LogP contribution >= 0.6 is 0 Å². The predicted molar refractivity (Wildman–Crippen MR) is 126 cm³/mol. The minimum absolute atomic E-state index is 0.0245. The maximum atomic E-state index is 9.22.